The molecule has 1 atom stereocenters. The van der Waals surface area contributed by atoms with Gasteiger partial charge in [0.05, 0.1) is 0 Å². The molecule has 2 N–H and O–H groups in total. The maximum Gasteiger partial charge on any atom is 0.161 e. The van der Waals surface area contributed by atoms with Gasteiger partial charge in [-0.15, -0.1) is 0 Å². The fourth-order valence-corrected chi connectivity index (χ4v) is 2.64. The fraction of sp³-hybridized carbons (Fsp3) is 0.571. The van der Waals surface area contributed by atoms with Gasteiger partial charge in [0.25, 0.3) is 0 Å². The van der Waals surface area contributed by atoms with E-state index in [2.05, 4.69) is 4.90 Å². The average molecular weight is 248 g/mol. The van der Waals surface area contributed by atoms with Crippen molar-refractivity contribution >= 4 is 0 Å². The first-order chi connectivity index (χ1) is 8.83. The first kappa shape index (κ1) is 11.8. The lowest BCUT2D eigenvalue weighted by atomic mass is 10.1. The van der Waals surface area contributed by atoms with Crippen LogP contribution in [0.4, 0.5) is 0 Å². The summed E-state index contributed by atoms with van der Waals surface area (Å²) in [5.74, 6) is 1.66. The zero-order valence-corrected chi connectivity index (χ0v) is 10.6. The summed E-state index contributed by atoms with van der Waals surface area (Å²) in [7, 11) is 0. The molecule has 2 aliphatic heterocycles. The average Bonchev–Trinajstić information content (AvgIpc) is 2.91. The van der Waals surface area contributed by atoms with Crippen LogP contribution in [0.5, 0.6) is 11.5 Å². The van der Waals surface area contributed by atoms with E-state index in [1.807, 2.05) is 18.2 Å². The number of fused-ring (bicyclic) bond motifs is 1. The van der Waals surface area contributed by atoms with E-state index in [1.165, 1.54) is 25.9 Å². The number of hydrogen-bond donors (Lipinski definition) is 1. The third kappa shape index (κ3) is 2.44. The fourth-order valence-electron chi connectivity index (χ4n) is 2.64. The molecule has 1 saturated heterocycles. The molecule has 18 heavy (non-hydrogen) atoms. The molecular formula is C14H20N2O2. The van der Waals surface area contributed by atoms with Crippen LogP contribution in [0.25, 0.3) is 0 Å². The molecular weight excluding hydrogens is 228 g/mol. The van der Waals surface area contributed by atoms with E-state index >= 15 is 0 Å². The number of ether oxygens (including phenoxy) is 2. The highest BCUT2D eigenvalue weighted by Gasteiger charge is 2.18. The van der Waals surface area contributed by atoms with E-state index in [0.717, 1.165) is 23.6 Å². The Kier molecular flexibility index (Phi) is 3.39. The zero-order valence-electron chi connectivity index (χ0n) is 10.6. The minimum atomic E-state index is 0.0546. The molecule has 0 spiro atoms. The number of likely N-dealkylation sites (tertiary alicyclic amines) is 1. The molecule has 4 nitrogen and oxygen atoms in total. The maximum absolute atomic E-state index is 6.27. The van der Waals surface area contributed by atoms with Gasteiger partial charge in [-0.25, -0.2) is 0 Å². The summed E-state index contributed by atoms with van der Waals surface area (Å²) in [6, 6.07) is 6.09. The lowest BCUT2D eigenvalue weighted by Crippen LogP contribution is -2.30. The van der Waals surface area contributed by atoms with Gasteiger partial charge in [0.2, 0.25) is 0 Å². The van der Waals surface area contributed by atoms with Gasteiger partial charge in [0.1, 0.15) is 13.2 Å². The largest absolute Gasteiger partial charge is 0.486 e. The molecule has 2 aliphatic rings. The third-order valence-corrected chi connectivity index (χ3v) is 3.65. The molecule has 0 bridgehead atoms. The Balaban J connectivity index is 1.70. The van der Waals surface area contributed by atoms with Gasteiger partial charge in [-0.2, -0.15) is 0 Å². The van der Waals surface area contributed by atoms with Crippen molar-refractivity contribution in [3.05, 3.63) is 23.8 Å². The van der Waals surface area contributed by atoms with E-state index in [1.54, 1.807) is 0 Å². The Hall–Kier alpha value is -1.26. The highest BCUT2D eigenvalue weighted by Crippen LogP contribution is 2.32. The van der Waals surface area contributed by atoms with Gasteiger partial charge < -0.3 is 20.1 Å². The highest BCUT2D eigenvalue weighted by atomic mass is 16.6. The van der Waals surface area contributed by atoms with Gasteiger partial charge >= 0.3 is 0 Å². The van der Waals surface area contributed by atoms with Crippen molar-refractivity contribution in [2.45, 2.75) is 18.9 Å². The molecule has 0 saturated carbocycles. The summed E-state index contributed by atoms with van der Waals surface area (Å²) in [5, 5.41) is 0. The lowest BCUT2D eigenvalue weighted by molar-refractivity contribution is 0.171. The normalized spacial score (nSPS) is 20.9. The molecule has 1 aromatic carbocycles. The Morgan fingerprint density at radius 2 is 1.83 bits per heavy atom. The quantitative estimate of drug-likeness (QED) is 0.881. The van der Waals surface area contributed by atoms with E-state index in [-0.39, 0.29) is 6.04 Å². The third-order valence-electron chi connectivity index (χ3n) is 3.65. The van der Waals surface area contributed by atoms with E-state index in [4.69, 9.17) is 15.2 Å². The van der Waals surface area contributed by atoms with Crippen LogP contribution in [-0.4, -0.2) is 37.7 Å². The first-order valence-corrected chi connectivity index (χ1v) is 6.70. The standard InChI is InChI=1S/C14H20N2O2/c15-12(10-16-5-1-2-6-16)11-3-4-13-14(9-11)18-8-7-17-13/h3-4,9,12H,1-2,5-8,10,15H2. The van der Waals surface area contributed by atoms with Crippen molar-refractivity contribution in [1.82, 2.24) is 4.90 Å². The highest BCUT2D eigenvalue weighted by molar-refractivity contribution is 5.44. The Labute approximate surface area is 108 Å². The summed E-state index contributed by atoms with van der Waals surface area (Å²) in [6.45, 7) is 4.54. The monoisotopic (exact) mass is 248 g/mol. The first-order valence-electron chi connectivity index (χ1n) is 6.70. The summed E-state index contributed by atoms with van der Waals surface area (Å²) >= 11 is 0. The van der Waals surface area contributed by atoms with Crippen LogP contribution >= 0.6 is 0 Å². The summed E-state index contributed by atoms with van der Waals surface area (Å²) in [6.07, 6.45) is 2.60. The molecule has 2 heterocycles. The molecule has 0 aliphatic carbocycles. The minimum absolute atomic E-state index is 0.0546. The molecule has 4 heteroatoms. The van der Waals surface area contributed by atoms with Crippen LogP contribution in [0.2, 0.25) is 0 Å². The van der Waals surface area contributed by atoms with Crippen LogP contribution < -0.4 is 15.2 Å². The number of nitrogens with zero attached hydrogens (tertiary/aromatic N) is 1. The minimum Gasteiger partial charge on any atom is -0.486 e. The van der Waals surface area contributed by atoms with E-state index in [9.17, 15) is 0 Å². The van der Waals surface area contributed by atoms with Crippen molar-refractivity contribution in [1.29, 1.82) is 0 Å². The number of benzene rings is 1. The van der Waals surface area contributed by atoms with Crippen LogP contribution in [0.3, 0.4) is 0 Å². The lowest BCUT2D eigenvalue weighted by Gasteiger charge is -2.23. The van der Waals surface area contributed by atoms with Crippen molar-refractivity contribution in [2.75, 3.05) is 32.8 Å². The zero-order chi connectivity index (χ0) is 12.4. The number of hydrogen-bond acceptors (Lipinski definition) is 4. The van der Waals surface area contributed by atoms with Crippen LogP contribution in [-0.2, 0) is 0 Å². The second kappa shape index (κ2) is 5.16. The molecule has 0 aromatic heterocycles. The Morgan fingerprint density at radius 3 is 2.61 bits per heavy atom. The molecule has 0 radical (unpaired) electrons. The molecule has 1 fully saturated rings. The van der Waals surface area contributed by atoms with Gasteiger partial charge in [0, 0.05) is 12.6 Å². The van der Waals surface area contributed by atoms with Crippen molar-refractivity contribution in [3.63, 3.8) is 0 Å². The predicted molar refractivity (Wildman–Crippen MR) is 70.0 cm³/mol. The van der Waals surface area contributed by atoms with Gasteiger partial charge in [-0.05, 0) is 43.6 Å². The van der Waals surface area contributed by atoms with Gasteiger partial charge in [-0.1, -0.05) is 6.07 Å². The second-order valence-electron chi connectivity index (χ2n) is 5.02. The number of nitrogens with two attached hydrogens (primary N) is 1. The maximum atomic E-state index is 6.27. The van der Waals surface area contributed by atoms with Crippen molar-refractivity contribution in [3.8, 4) is 11.5 Å². The topological polar surface area (TPSA) is 47.7 Å². The van der Waals surface area contributed by atoms with Gasteiger partial charge in [-0.3, -0.25) is 0 Å². The van der Waals surface area contributed by atoms with E-state index in [0.29, 0.717) is 13.2 Å². The second-order valence-corrected chi connectivity index (χ2v) is 5.02. The predicted octanol–water partition coefficient (Wildman–Crippen LogP) is 1.55. The van der Waals surface area contributed by atoms with E-state index < -0.39 is 0 Å². The Morgan fingerprint density at radius 1 is 1.11 bits per heavy atom. The van der Waals surface area contributed by atoms with Crippen LogP contribution in [0, 0.1) is 0 Å². The van der Waals surface area contributed by atoms with Gasteiger partial charge in [0.15, 0.2) is 11.5 Å². The summed E-state index contributed by atoms with van der Waals surface area (Å²) in [5.41, 5.74) is 7.40. The molecule has 98 valence electrons. The smallest absolute Gasteiger partial charge is 0.161 e. The Bertz CT molecular complexity index is 416. The molecule has 1 unspecified atom stereocenters. The summed E-state index contributed by atoms with van der Waals surface area (Å²) in [4.78, 5) is 2.43. The summed E-state index contributed by atoms with van der Waals surface area (Å²) < 4.78 is 11.1. The molecule has 1 aromatic rings. The van der Waals surface area contributed by atoms with Crippen molar-refractivity contribution in [2.24, 2.45) is 5.73 Å². The molecule has 3 rings (SSSR count). The van der Waals surface area contributed by atoms with Crippen molar-refractivity contribution < 1.29 is 9.47 Å². The van der Waals surface area contributed by atoms with Crippen LogP contribution in [0.1, 0.15) is 24.4 Å². The molecule has 0 amide bonds. The number of rotatable bonds is 3. The van der Waals surface area contributed by atoms with Crippen LogP contribution in [0.15, 0.2) is 18.2 Å². The SMILES string of the molecule is NC(CN1CCCC1)c1ccc2c(c1)OCCO2.